The van der Waals surface area contributed by atoms with Crippen molar-refractivity contribution in [2.24, 2.45) is 0 Å². The molecule has 12 heavy (non-hydrogen) atoms. The van der Waals surface area contributed by atoms with Crippen LogP contribution in [-0.2, 0) is 9.53 Å². The Bertz CT molecular complexity index is 160. The Morgan fingerprint density at radius 2 is 2.42 bits per heavy atom. The first kappa shape index (κ1) is 11.0. The van der Waals surface area contributed by atoms with Crippen LogP contribution in [0.15, 0.2) is 0 Å². The van der Waals surface area contributed by atoms with Gasteiger partial charge >= 0.3 is 5.97 Å². The Balaban J connectivity index is 3.09. The molecule has 0 aromatic carbocycles. The average Bonchev–Trinajstić information content (AvgIpc) is 2.05. The van der Waals surface area contributed by atoms with E-state index >= 15 is 0 Å². The third kappa shape index (κ3) is 7.10. The molecule has 0 aromatic heterocycles. The lowest BCUT2D eigenvalue weighted by molar-refractivity contribution is -0.143. The number of hydrogen-bond acceptors (Lipinski definition) is 3. The molecule has 0 aliphatic heterocycles. The summed E-state index contributed by atoms with van der Waals surface area (Å²) in [6.07, 6.45) is 6.26. The molecule has 0 fully saturated rings. The summed E-state index contributed by atoms with van der Waals surface area (Å²) in [6, 6.07) is 0. The molecule has 0 saturated carbocycles. The molecule has 0 aliphatic rings. The van der Waals surface area contributed by atoms with E-state index in [9.17, 15) is 4.79 Å². The molecule has 0 aromatic rings. The maximum absolute atomic E-state index is 10.8. The van der Waals surface area contributed by atoms with Crippen LogP contribution in [0.4, 0.5) is 0 Å². The van der Waals surface area contributed by atoms with Crippen molar-refractivity contribution in [2.75, 3.05) is 19.7 Å². The van der Waals surface area contributed by atoms with Gasteiger partial charge in [0.25, 0.3) is 0 Å². The summed E-state index contributed by atoms with van der Waals surface area (Å²) in [6.45, 7) is 3.58. The maximum atomic E-state index is 10.8. The molecule has 0 bridgehead atoms. The second kappa shape index (κ2) is 8.09. The lowest BCUT2D eigenvalue weighted by Gasteiger charge is -2.01. The molecule has 0 amide bonds. The zero-order valence-corrected chi connectivity index (χ0v) is 7.43. The summed E-state index contributed by atoms with van der Waals surface area (Å²) >= 11 is 0. The molecule has 0 heterocycles. The molecular formula is C9H15NO2. The topological polar surface area (TPSA) is 38.3 Å². The van der Waals surface area contributed by atoms with Crippen LogP contribution in [0.5, 0.6) is 0 Å². The third-order valence-corrected chi connectivity index (χ3v) is 1.27. The lowest BCUT2D eigenvalue weighted by Crippen LogP contribution is -2.16. The molecule has 3 heteroatoms. The lowest BCUT2D eigenvalue weighted by atomic mass is 10.3. The van der Waals surface area contributed by atoms with Crippen LogP contribution in [0.3, 0.4) is 0 Å². The van der Waals surface area contributed by atoms with Gasteiger partial charge in [-0.25, -0.2) is 0 Å². The highest BCUT2D eigenvalue weighted by Crippen LogP contribution is 1.90. The average molecular weight is 169 g/mol. The minimum Gasteiger partial charge on any atom is -0.466 e. The number of esters is 1. The molecule has 0 radical (unpaired) electrons. The van der Waals surface area contributed by atoms with Crippen LogP contribution in [0.2, 0.25) is 0 Å². The normalized spacial score (nSPS) is 9.00. The zero-order valence-electron chi connectivity index (χ0n) is 7.43. The fourth-order valence-corrected chi connectivity index (χ4v) is 0.751. The first-order valence-electron chi connectivity index (χ1n) is 4.11. The van der Waals surface area contributed by atoms with Crippen molar-refractivity contribution in [1.82, 2.24) is 5.32 Å². The fourth-order valence-electron chi connectivity index (χ4n) is 0.751. The number of ether oxygens (including phenoxy) is 1. The van der Waals surface area contributed by atoms with Crippen LogP contribution in [0.1, 0.15) is 19.8 Å². The quantitative estimate of drug-likeness (QED) is 0.358. The molecule has 3 nitrogen and oxygen atoms in total. The summed E-state index contributed by atoms with van der Waals surface area (Å²) in [4.78, 5) is 10.8. The van der Waals surface area contributed by atoms with E-state index in [1.807, 2.05) is 0 Å². The van der Waals surface area contributed by atoms with Crippen LogP contribution in [-0.4, -0.2) is 25.7 Å². The van der Waals surface area contributed by atoms with Gasteiger partial charge in [-0.15, -0.1) is 6.42 Å². The summed E-state index contributed by atoms with van der Waals surface area (Å²) in [5.74, 6) is 2.31. The van der Waals surface area contributed by atoms with Crippen molar-refractivity contribution in [3.63, 3.8) is 0 Å². The van der Waals surface area contributed by atoms with E-state index in [4.69, 9.17) is 11.2 Å². The van der Waals surface area contributed by atoms with Crippen molar-refractivity contribution in [2.45, 2.75) is 19.8 Å². The molecule has 1 N–H and O–H groups in total. The summed E-state index contributed by atoms with van der Waals surface area (Å²) < 4.78 is 4.74. The SMILES string of the molecule is C#CCNCCCC(=O)OCC. The predicted octanol–water partition coefficient (Wildman–Crippen LogP) is 0.552. The van der Waals surface area contributed by atoms with Crippen molar-refractivity contribution >= 4 is 5.97 Å². The monoisotopic (exact) mass is 169 g/mol. The number of carbonyl (C=O) groups excluding carboxylic acids is 1. The van der Waals surface area contributed by atoms with Crippen LogP contribution < -0.4 is 5.32 Å². The van der Waals surface area contributed by atoms with E-state index in [-0.39, 0.29) is 5.97 Å². The van der Waals surface area contributed by atoms with E-state index in [1.54, 1.807) is 6.92 Å². The Labute approximate surface area is 73.5 Å². The molecule has 68 valence electrons. The van der Waals surface area contributed by atoms with Gasteiger partial charge in [-0.05, 0) is 19.9 Å². The first-order chi connectivity index (χ1) is 5.81. The summed E-state index contributed by atoms with van der Waals surface area (Å²) in [5, 5.41) is 2.99. The minimum absolute atomic E-state index is 0.139. The number of carbonyl (C=O) groups is 1. The van der Waals surface area contributed by atoms with Gasteiger partial charge in [-0.1, -0.05) is 5.92 Å². The second-order valence-corrected chi connectivity index (χ2v) is 2.29. The van der Waals surface area contributed by atoms with Crippen LogP contribution >= 0.6 is 0 Å². The number of hydrogen-bond donors (Lipinski definition) is 1. The van der Waals surface area contributed by atoms with Gasteiger partial charge in [0.2, 0.25) is 0 Å². The molecule has 0 spiro atoms. The minimum atomic E-state index is -0.139. The Kier molecular flexibility index (Phi) is 7.41. The van der Waals surface area contributed by atoms with Crippen LogP contribution in [0, 0.1) is 12.3 Å². The number of nitrogens with one attached hydrogen (secondary N) is 1. The maximum Gasteiger partial charge on any atom is 0.305 e. The van der Waals surface area contributed by atoms with Gasteiger partial charge in [0.05, 0.1) is 13.2 Å². The summed E-state index contributed by atoms with van der Waals surface area (Å²) in [5.41, 5.74) is 0. The highest BCUT2D eigenvalue weighted by atomic mass is 16.5. The highest BCUT2D eigenvalue weighted by Gasteiger charge is 1.99. The Morgan fingerprint density at radius 1 is 1.67 bits per heavy atom. The predicted molar refractivity (Wildman–Crippen MR) is 47.6 cm³/mol. The highest BCUT2D eigenvalue weighted by molar-refractivity contribution is 5.69. The van der Waals surface area contributed by atoms with E-state index in [1.165, 1.54) is 0 Å². The van der Waals surface area contributed by atoms with E-state index in [0.717, 1.165) is 13.0 Å². The molecule has 0 unspecified atom stereocenters. The fraction of sp³-hybridized carbons (Fsp3) is 0.667. The van der Waals surface area contributed by atoms with Gasteiger partial charge in [-0.2, -0.15) is 0 Å². The van der Waals surface area contributed by atoms with E-state index in [0.29, 0.717) is 19.6 Å². The van der Waals surface area contributed by atoms with Crippen molar-refractivity contribution in [1.29, 1.82) is 0 Å². The molecule has 0 atom stereocenters. The van der Waals surface area contributed by atoms with Crippen LogP contribution in [0.25, 0.3) is 0 Å². The van der Waals surface area contributed by atoms with Gasteiger partial charge in [0.15, 0.2) is 0 Å². The van der Waals surface area contributed by atoms with E-state index < -0.39 is 0 Å². The van der Waals surface area contributed by atoms with Crippen molar-refractivity contribution in [3.8, 4) is 12.3 Å². The first-order valence-corrected chi connectivity index (χ1v) is 4.11. The van der Waals surface area contributed by atoms with Gasteiger partial charge in [0.1, 0.15) is 0 Å². The van der Waals surface area contributed by atoms with Gasteiger partial charge in [0, 0.05) is 6.42 Å². The standard InChI is InChI=1S/C9H15NO2/c1-3-7-10-8-5-6-9(11)12-4-2/h1,10H,4-8H2,2H3. The second-order valence-electron chi connectivity index (χ2n) is 2.29. The molecule has 0 saturated heterocycles. The number of rotatable bonds is 6. The Morgan fingerprint density at radius 3 is 3.00 bits per heavy atom. The van der Waals surface area contributed by atoms with E-state index in [2.05, 4.69) is 11.2 Å². The third-order valence-electron chi connectivity index (χ3n) is 1.27. The summed E-state index contributed by atoms with van der Waals surface area (Å²) in [7, 11) is 0. The smallest absolute Gasteiger partial charge is 0.305 e. The molecular weight excluding hydrogens is 154 g/mol. The van der Waals surface area contributed by atoms with Crippen molar-refractivity contribution in [3.05, 3.63) is 0 Å². The molecule has 0 aliphatic carbocycles. The van der Waals surface area contributed by atoms with Gasteiger partial charge in [-0.3, -0.25) is 4.79 Å². The largest absolute Gasteiger partial charge is 0.466 e. The van der Waals surface area contributed by atoms with Gasteiger partial charge < -0.3 is 10.1 Å². The number of terminal acetylenes is 1. The zero-order chi connectivity index (χ0) is 9.23. The van der Waals surface area contributed by atoms with Crippen molar-refractivity contribution < 1.29 is 9.53 Å². The Hall–Kier alpha value is -1.01. The molecule has 0 rings (SSSR count).